The molecule has 31 heavy (non-hydrogen) atoms. The molecule has 1 amide bonds. The fraction of sp³-hybridized carbons (Fsp3) is 0.333. The van der Waals surface area contributed by atoms with E-state index < -0.39 is 0 Å². The summed E-state index contributed by atoms with van der Waals surface area (Å²) in [7, 11) is 1.50. The number of amides is 1. The Hall–Kier alpha value is -2.67. The second-order valence-electron chi connectivity index (χ2n) is 7.35. The Balaban J connectivity index is 0.00000132. The highest BCUT2D eigenvalue weighted by Crippen LogP contribution is 2.35. The van der Waals surface area contributed by atoms with Gasteiger partial charge in [0.25, 0.3) is 5.91 Å². The highest BCUT2D eigenvalue weighted by atomic mass is 35.5. The van der Waals surface area contributed by atoms with Crippen LogP contribution < -0.4 is 11.1 Å². The number of aromatic nitrogens is 1. The summed E-state index contributed by atoms with van der Waals surface area (Å²) >= 11 is 5.92. The molecule has 1 unspecified atom stereocenters. The molecule has 1 aliphatic rings. The fourth-order valence-corrected chi connectivity index (χ4v) is 4.21. The van der Waals surface area contributed by atoms with E-state index in [4.69, 9.17) is 11.6 Å². The van der Waals surface area contributed by atoms with Gasteiger partial charge in [0, 0.05) is 24.2 Å². The molecular formula is C24H29ClN4O2. The first-order chi connectivity index (χ1) is 15.1. The van der Waals surface area contributed by atoms with Gasteiger partial charge in [0.15, 0.2) is 0 Å². The quantitative estimate of drug-likeness (QED) is 0.503. The molecule has 164 valence electrons. The number of benzene rings is 2. The van der Waals surface area contributed by atoms with E-state index in [1.807, 2.05) is 36.1 Å². The second-order valence-corrected chi connectivity index (χ2v) is 7.74. The molecule has 1 aliphatic heterocycles. The van der Waals surface area contributed by atoms with Crippen LogP contribution in [-0.4, -0.2) is 47.3 Å². The third-order valence-electron chi connectivity index (χ3n) is 5.61. The molecule has 0 aliphatic carbocycles. The lowest BCUT2D eigenvalue weighted by Gasteiger charge is -2.36. The molecule has 1 aromatic heterocycles. The maximum absolute atomic E-state index is 13.4. The molecule has 2 heterocycles. The molecule has 4 N–H and O–H groups in total. The zero-order valence-electron chi connectivity index (χ0n) is 17.9. The normalized spacial score (nSPS) is 13.8. The Morgan fingerprint density at radius 1 is 1.23 bits per heavy atom. The van der Waals surface area contributed by atoms with Crippen molar-refractivity contribution in [1.82, 2.24) is 9.88 Å². The number of carbonyl (C=O) groups excluding carboxylic acids is 1. The molecule has 6 nitrogen and oxygen atoms in total. The van der Waals surface area contributed by atoms with Crippen molar-refractivity contribution in [3.05, 3.63) is 70.5 Å². The zero-order valence-corrected chi connectivity index (χ0v) is 18.7. The summed E-state index contributed by atoms with van der Waals surface area (Å²) < 4.78 is 0. The van der Waals surface area contributed by atoms with Crippen LogP contribution in [-0.2, 0) is 6.42 Å². The first-order valence-corrected chi connectivity index (χ1v) is 10.9. The van der Waals surface area contributed by atoms with E-state index in [1.165, 1.54) is 7.05 Å². The third kappa shape index (κ3) is 4.82. The number of nitrogens with zero attached hydrogens (tertiary/aromatic N) is 2. The summed E-state index contributed by atoms with van der Waals surface area (Å²) in [5, 5.41) is 15.5. The van der Waals surface area contributed by atoms with Crippen LogP contribution in [0.15, 0.2) is 48.7 Å². The molecule has 1 atom stereocenters. The van der Waals surface area contributed by atoms with E-state index in [1.54, 1.807) is 12.3 Å². The number of rotatable bonds is 6. The van der Waals surface area contributed by atoms with Crippen LogP contribution in [0.25, 0.3) is 10.8 Å². The summed E-state index contributed by atoms with van der Waals surface area (Å²) in [4.78, 5) is 19.4. The lowest BCUT2D eigenvalue weighted by molar-refractivity contribution is 0.0648. The monoisotopic (exact) mass is 440 g/mol. The molecule has 0 radical (unpaired) electrons. The predicted molar refractivity (Wildman–Crippen MR) is 127 cm³/mol. The number of hydrogen-bond acceptors (Lipinski definition) is 5. The third-order valence-corrected chi connectivity index (χ3v) is 5.83. The first kappa shape index (κ1) is 23.0. The lowest BCUT2D eigenvalue weighted by Crippen LogP contribution is -2.46. The van der Waals surface area contributed by atoms with E-state index in [0.29, 0.717) is 30.2 Å². The van der Waals surface area contributed by atoms with Crippen molar-refractivity contribution in [3.8, 4) is 0 Å². The summed E-state index contributed by atoms with van der Waals surface area (Å²) in [6.07, 6.45) is 3.83. The van der Waals surface area contributed by atoms with Gasteiger partial charge in [-0.2, -0.15) is 0 Å². The molecule has 0 saturated heterocycles. The SMILES string of the molecule is CCC(CCO)N1CNc2c(cc(Cc3ccc(Cl)nc3)c3ccccc23)C1=O.CN. The van der Waals surface area contributed by atoms with E-state index in [9.17, 15) is 9.90 Å². The Kier molecular flexibility index (Phi) is 7.85. The van der Waals surface area contributed by atoms with Crippen molar-refractivity contribution in [2.45, 2.75) is 32.2 Å². The van der Waals surface area contributed by atoms with E-state index >= 15 is 0 Å². The van der Waals surface area contributed by atoms with Crippen molar-refractivity contribution in [3.63, 3.8) is 0 Å². The van der Waals surface area contributed by atoms with Gasteiger partial charge in [-0.1, -0.05) is 48.9 Å². The number of aliphatic hydroxyl groups is 1. The summed E-state index contributed by atoms with van der Waals surface area (Å²) in [5.41, 5.74) is 8.19. The minimum absolute atomic E-state index is 0.0142. The second kappa shape index (κ2) is 10.6. The van der Waals surface area contributed by atoms with Crippen molar-refractivity contribution in [2.24, 2.45) is 5.73 Å². The van der Waals surface area contributed by atoms with Crippen molar-refractivity contribution in [2.75, 3.05) is 25.6 Å². The maximum Gasteiger partial charge on any atom is 0.257 e. The smallest absolute Gasteiger partial charge is 0.257 e. The fourth-order valence-electron chi connectivity index (χ4n) is 4.10. The summed E-state index contributed by atoms with van der Waals surface area (Å²) in [6, 6.07) is 13.9. The number of hydrogen-bond donors (Lipinski definition) is 3. The number of nitrogens with two attached hydrogens (primary N) is 1. The average Bonchev–Trinajstić information content (AvgIpc) is 2.81. The van der Waals surface area contributed by atoms with Crippen LogP contribution in [0.2, 0.25) is 5.15 Å². The molecular weight excluding hydrogens is 412 g/mol. The number of carbonyl (C=O) groups is 1. The van der Waals surface area contributed by atoms with Crippen LogP contribution in [0.3, 0.4) is 0 Å². The van der Waals surface area contributed by atoms with Gasteiger partial charge in [0.2, 0.25) is 0 Å². The minimum Gasteiger partial charge on any atom is -0.396 e. The standard InChI is InChI=1S/C23H24ClN3O2.CH5N/c1-2-17(9-10-28)27-14-26-22-19-6-4-3-5-18(19)16(12-20(22)23(27)29)11-15-7-8-21(24)25-13-15;1-2/h3-8,12-13,17,26,28H,2,9-11,14H2,1H3;2H2,1H3. The van der Waals surface area contributed by atoms with Gasteiger partial charge in [-0.25, -0.2) is 4.98 Å². The van der Waals surface area contributed by atoms with E-state index in [0.717, 1.165) is 34.0 Å². The van der Waals surface area contributed by atoms with Crippen molar-refractivity contribution >= 4 is 34.0 Å². The highest BCUT2D eigenvalue weighted by molar-refractivity contribution is 6.29. The first-order valence-electron chi connectivity index (χ1n) is 10.5. The van der Waals surface area contributed by atoms with Gasteiger partial charge in [-0.15, -0.1) is 0 Å². The van der Waals surface area contributed by atoms with Gasteiger partial charge in [0.1, 0.15) is 5.15 Å². The van der Waals surface area contributed by atoms with Crippen LogP contribution in [0.1, 0.15) is 41.3 Å². The molecule has 0 fully saturated rings. The lowest BCUT2D eigenvalue weighted by atomic mass is 9.93. The number of aliphatic hydroxyl groups excluding tert-OH is 1. The average molecular weight is 441 g/mol. The molecule has 3 aromatic rings. The Bertz CT molecular complexity index is 1040. The number of pyridine rings is 1. The summed E-state index contributed by atoms with van der Waals surface area (Å²) in [6.45, 7) is 2.57. The van der Waals surface area contributed by atoms with Crippen LogP contribution in [0.5, 0.6) is 0 Å². The van der Waals surface area contributed by atoms with Crippen LogP contribution >= 0.6 is 11.6 Å². The number of halogens is 1. The van der Waals surface area contributed by atoms with Crippen LogP contribution in [0.4, 0.5) is 5.69 Å². The number of fused-ring (bicyclic) bond motifs is 3. The Labute approximate surface area is 188 Å². The molecule has 0 bridgehead atoms. The van der Waals surface area contributed by atoms with Gasteiger partial charge < -0.3 is 21.1 Å². The maximum atomic E-state index is 13.4. The number of nitrogens with one attached hydrogen (secondary N) is 1. The molecule has 0 spiro atoms. The predicted octanol–water partition coefficient (Wildman–Crippen LogP) is 4.04. The highest BCUT2D eigenvalue weighted by Gasteiger charge is 2.30. The Morgan fingerprint density at radius 2 is 1.97 bits per heavy atom. The molecule has 2 aromatic carbocycles. The van der Waals surface area contributed by atoms with Crippen LogP contribution in [0, 0.1) is 0 Å². The number of anilines is 1. The van der Waals surface area contributed by atoms with E-state index in [2.05, 4.69) is 28.2 Å². The topological polar surface area (TPSA) is 91.5 Å². The Morgan fingerprint density at radius 3 is 2.61 bits per heavy atom. The van der Waals surface area contributed by atoms with Crippen molar-refractivity contribution < 1.29 is 9.90 Å². The molecule has 0 saturated carbocycles. The van der Waals surface area contributed by atoms with Gasteiger partial charge in [-0.3, -0.25) is 4.79 Å². The minimum atomic E-state index is 0.0142. The largest absolute Gasteiger partial charge is 0.396 e. The van der Waals surface area contributed by atoms with Gasteiger partial charge in [-0.05, 0) is 55.0 Å². The summed E-state index contributed by atoms with van der Waals surface area (Å²) in [5.74, 6) is 0.0142. The van der Waals surface area contributed by atoms with Gasteiger partial charge >= 0.3 is 0 Å². The van der Waals surface area contributed by atoms with Gasteiger partial charge in [0.05, 0.1) is 17.9 Å². The van der Waals surface area contributed by atoms with Crippen molar-refractivity contribution in [1.29, 1.82) is 0 Å². The molecule has 4 rings (SSSR count). The molecule has 7 heteroatoms. The zero-order chi connectivity index (χ0) is 22.4. The van der Waals surface area contributed by atoms with E-state index in [-0.39, 0.29) is 18.6 Å².